The molecule has 1 aliphatic heterocycles. The molecule has 5 N–H and O–H groups in total. The topological polar surface area (TPSA) is 76.1 Å². The number of nitrogens with one attached hydrogen (secondary N) is 2. The third-order valence-electron chi connectivity index (χ3n) is 0.910. The minimum atomic E-state index is 0. The van der Waals surface area contributed by atoms with E-state index in [0.717, 1.165) is 13.1 Å². The number of hydrogen-bond acceptors (Lipinski definition) is 3. The summed E-state index contributed by atoms with van der Waals surface area (Å²) < 4.78 is 0. The molecule has 1 aliphatic rings. The second-order valence-electron chi connectivity index (χ2n) is 1.53. The Kier molecular flexibility index (Phi) is 3.14. The van der Waals surface area contributed by atoms with Crippen LogP contribution in [0, 0.1) is 0 Å². The van der Waals surface area contributed by atoms with E-state index in [-0.39, 0.29) is 12.1 Å². The molecule has 0 spiro atoms. The minimum Gasteiger partial charge on any atom is -0.354 e. The van der Waals surface area contributed by atoms with Crippen LogP contribution in [0.4, 0.5) is 0 Å². The molecule has 0 aromatic rings. The molecule has 4 nitrogen and oxygen atoms in total. The molecule has 0 aromatic carbocycles. The van der Waals surface area contributed by atoms with Gasteiger partial charge in [0.15, 0.2) is 0 Å². The number of carbonyl (C=O) groups is 1. The van der Waals surface area contributed by atoms with Crippen LogP contribution in [-0.2, 0) is 4.79 Å². The second-order valence-corrected chi connectivity index (χ2v) is 1.53. The van der Waals surface area contributed by atoms with Crippen molar-refractivity contribution in [2.45, 2.75) is 0 Å². The highest BCUT2D eigenvalue weighted by Crippen LogP contribution is 1.69. The molecule has 0 aromatic heterocycles. The van der Waals surface area contributed by atoms with Crippen LogP contribution in [0.3, 0.4) is 0 Å². The molecule has 8 heavy (non-hydrogen) atoms. The number of carbonyl (C=O) groups excluding carboxylic acids is 1. The van der Waals surface area contributed by atoms with Gasteiger partial charge in [-0.3, -0.25) is 4.79 Å². The molecule has 1 heterocycles. The van der Waals surface area contributed by atoms with Crippen LogP contribution < -0.4 is 16.8 Å². The summed E-state index contributed by atoms with van der Waals surface area (Å²) in [6, 6.07) is 0. The average molecular weight is 117 g/mol. The van der Waals surface area contributed by atoms with Crippen molar-refractivity contribution in [1.29, 1.82) is 0 Å². The fourth-order valence-corrected chi connectivity index (χ4v) is 0.555. The standard InChI is InChI=1S/C4H8N2O.H3N/c7-4-3-5-1-2-6-4;/h5H,1-3H2,(H,6,7);1H3. The van der Waals surface area contributed by atoms with Crippen molar-refractivity contribution in [3.8, 4) is 0 Å². The van der Waals surface area contributed by atoms with Gasteiger partial charge in [0.2, 0.25) is 5.91 Å². The highest BCUT2D eigenvalue weighted by Gasteiger charge is 2.02. The van der Waals surface area contributed by atoms with Crippen molar-refractivity contribution in [1.82, 2.24) is 16.8 Å². The molecule has 4 heteroatoms. The zero-order valence-electron chi connectivity index (χ0n) is 4.74. The highest BCUT2D eigenvalue weighted by molar-refractivity contribution is 5.78. The molecule has 0 radical (unpaired) electrons. The van der Waals surface area contributed by atoms with Crippen molar-refractivity contribution in [3.05, 3.63) is 0 Å². The smallest absolute Gasteiger partial charge is 0.234 e. The Hall–Kier alpha value is -0.610. The van der Waals surface area contributed by atoms with Gasteiger partial charge in [-0.05, 0) is 0 Å². The third kappa shape index (κ3) is 1.90. The quantitative estimate of drug-likeness (QED) is 0.375. The van der Waals surface area contributed by atoms with Crippen molar-refractivity contribution in [2.24, 2.45) is 0 Å². The Morgan fingerprint density at radius 2 is 2.12 bits per heavy atom. The van der Waals surface area contributed by atoms with Crippen LogP contribution in [0.25, 0.3) is 0 Å². The molecular weight excluding hydrogens is 106 g/mol. The van der Waals surface area contributed by atoms with Crippen LogP contribution in [-0.4, -0.2) is 25.5 Å². The van der Waals surface area contributed by atoms with Crippen molar-refractivity contribution < 1.29 is 4.79 Å². The highest BCUT2D eigenvalue weighted by atomic mass is 16.2. The number of piperazine rings is 1. The van der Waals surface area contributed by atoms with Gasteiger partial charge in [0, 0.05) is 13.1 Å². The van der Waals surface area contributed by atoms with E-state index in [9.17, 15) is 4.79 Å². The first-order chi connectivity index (χ1) is 3.39. The predicted octanol–water partition coefficient (Wildman–Crippen LogP) is -1.13. The van der Waals surface area contributed by atoms with Gasteiger partial charge < -0.3 is 16.8 Å². The predicted molar refractivity (Wildman–Crippen MR) is 30.9 cm³/mol. The fraction of sp³-hybridized carbons (Fsp3) is 0.750. The first-order valence-corrected chi connectivity index (χ1v) is 2.37. The van der Waals surface area contributed by atoms with Gasteiger partial charge in [-0.1, -0.05) is 0 Å². The maximum Gasteiger partial charge on any atom is 0.234 e. The summed E-state index contributed by atoms with van der Waals surface area (Å²) in [6.45, 7) is 2.17. The lowest BCUT2D eigenvalue weighted by Crippen LogP contribution is -2.44. The molecule has 1 amide bonds. The van der Waals surface area contributed by atoms with E-state index in [1.54, 1.807) is 0 Å². The van der Waals surface area contributed by atoms with E-state index in [1.165, 1.54) is 0 Å². The summed E-state index contributed by atoms with van der Waals surface area (Å²) in [6.07, 6.45) is 0. The van der Waals surface area contributed by atoms with Crippen LogP contribution in [0.15, 0.2) is 0 Å². The Bertz CT molecular complexity index is 75.4. The second kappa shape index (κ2) is 3.40. The Labute approximate surface area is 48.2 Å². The fourth-order valence-electron chi connectivity index (χ4n) is 0.555. The summed E-state index contributed by atoms with van der Waals surface area (Å²) >= 11 is 0. The number of amides is 1. The van der Waals surface area contributed by atoms with E-state index in [1.807, 2.05) is 0 Å². The van der Waals surface area contributed by atoms with E-state index in [0.29, 0.717) is 6.54 Å². The van der Waals surface area contributed by atoms with Crippen LogP contribution in [0.2, 0.25) is 0 Å². The van der Waals surface area contributed by atoms with Crippen molar-refractivity contribution >= 4 is 5.91 Å². The summed E-state index contributed by atoms with van der Waals surface area (Å²) in [5, 5.41) is 5.60. The van der Waals surface area contributed by atoms with Crippen LogP contribution in [0.5, 0.6) is 0 Å². The van der Waals surface area contributed by atoms with Gasteiger partial charge in [0.25, 0.3) is 0 Å². The third-order valence-corrected chi connectivity index (χ3v) is 0.910. The molecular formula is C4H11N3O. The Balaban J connectivity index is 0.000000490. The molecule has 1 fully saturated rings. The van der Waals surface area contributed by atoms with Gasteiger partial charge in [-0.15, -0.1) is 0 Å². The van der Waals surface area contributed by atoms with Gasteiger partial charge in [0.05, 0.1) is 6.54 Å². The maximum atomic E-state index is 10.3. The van der Waals surface area contributed by atoms with E-state index < -0.39 is 0 Å². The molecule has 1 rings (SSSR count). The van der Waals surface area contributed by atoms with Gasteiger partial charge in [-0.25, -0.2) is 0 Å². The van der Waals surface area contributed by atoms with Gasteiger partial charge in [-0.2, -0.15) is 0 Å². The Morgan fingerprint density at radius 3 is 2.38 bits per heavy atom. The number of hydrogen-bond donors (Lipinski definition) is 3. The monoisotopic (exact) mass is 117 g/mol. The van der Waals surface area contributed by atoms with E-state index in [2.05, 4.69) is 10.6 Å². The molecule has 0 bridgehead atoms. The van der Waals surface area contributed by atoms with Crippen molar-refractivity contribution in [3.63, 3.8) is 0 Å². The summed E-state index contributed by atoms with van der Waals surface area (Å²) in [5.41, 5.74) is 0. The summed E-state index contributed by atoms with van der Waals surface area (Å²) in [5.74, 6) is 0.103. The first-order valence-electron chi connectivity index (χ1n) is 2.37. The molecule has 0 atom stereocenters. The maximum absolute atomic E-state index is 10.3. The molecule has 0 aliphatic carbocycles. The number of rotatable bonds is 0. The van der Waals surface area contributed by atoms with Crippen molar-refractivity contribution in [2.75, 3.05) is 19.6 Å². The zero-order chi connectivity index (χ0) is 5.11. The van der Waals surface area contributed by atoms with Crippen LogP contribution in [0.1, 0.15) is 0 Å². The molecule has 1 saturated heterocycles. The minimum absolute atomic E-state index is 0. The lowest BCUT2D eigenvalue weighted by Gasteiger charge is -2.11. The lowest BCUT2D eigenvalue weighted by atomic mass is 10.4. The lowest BCUT2D eigenvalue weighted by molar-refractivity contribution is -0.121. The SMILES string of the molecule is N.O=C1CNCCN1. The Morgan fingerprint density at radius 1 is 1.38 bits per heavy atom. The van der Waals surface area contributed by atoms with E-state index >= 15 is 0 Å². The molecule has 48 valence electrons. The van der Waals surface area contributed by atoms with Gasteiger partial charge in [0.1, 0.15) is 0 Å². The molecule has 0 saturated carbocycles. The largest absolute Gasteiger partial charge is 0.354 e. The normalized spacial score (nSPS) is 18.8. The summed E-state index contributed by atoms with van der Waals surface area (Å²) in [7, 11) is 0. The average Bonchev–Trinajstić information content (AvgIpc) is 1.69. The van der Waals surface area contributed by atoms with E-state index in [4.69, 9.17) is 0 Å². The van der Waals surface area contributed by atoms with Crippen LogP contribution >= 0.6 is 0 Å². The summed E-state index contributed by atoms with van der Waals surface area (Å²) in [4.78, 5) is 10.3. The first kappa shape index (κ1) is 7.39. The van der Waals surface area contributed by atoms with Gasteiger partial charge >= 0.3 is 0 Å². The zero-order valence-corrected chi connectivity index (χ0v) is 4.74. The molecule has 0 unspecified atom stereocenters.